The predicted molar refractivity (Wildman–Crippen MR) is 86.7 cm³/mol. The van der Waals surface area contributed by atoms with E-state index in [1.807, 2.05) is 23.0 Å². The van der Waals surface area contributed by atoms with Gasteiger partial charge in [0, 0.05) is 16.6 Å². The van der Waals surface area contributed by atoms with Crippen molar-refractivity contribution in [3.05, 3.63) is 51.8 Å². The van der Waals surface area contributed by atoms with Crippen LogP contribution in [0.1, 0.15) is 59.6 Å². The first-order valence-electron chi connectivity index (χ1n) is 7.53. The van der Waals surface area contributed by atoms with E-state index in [9.17, 15) is 4.79 Å². The Balaban J connectivity index is 1.81. The normalized spacial score (nSPS) is 16.0. The lowest BCUT2D eigenvalue weighted by molar-refractivity contribution is 0.112. The predicted octanol–water partition coefficient (Wildman–Crippen LogP) is 4.55. The summed E-state index contributed by atoms with van der Waals surface area (Å²) in [5.41, 5.74) is 2.95. The number of carbonyl (C=O) groups is 1. The fourth-order valence-corrected chi connectivity index (χ4v) is 3.36. The second-order valence-electron chi connectivity index (χ2n) is 5.75. The fourth-order valence-electron chi connectivity index (χ4n) is 3.09. The summed E-state index contributed by atoms with van der Waals surface area (Å²) in [5.74, 6) is 0.463. The third-order valence-electron chi connectivity index (χ3n) is 4.20. The number of rotatable bonds is 4. The SMILES string of the molecule is O=Cc1cn(Cc2ccc(Br)cc2)nc1C1CCCCC1. The largest absolute Gasteiger partial charge is 0.298 e. The Morgan fingerprint density at radius 2 is 1.90 bits per heavy atom. The first-order chi connectivity index (χ1) is 10.3. The minimum absolute atomic E-state index is 0.463. The van der Waals surface area contributed by atoms with Crippen LogP contribution in [0.15, 0.2) is 34.9 Å². The highest BCUT2D eigenvalue weighted by molar-refractivity contribution is 9.10. The number of carbonyl (C=O) groups excluding carboxylic acids is 1. The minimum Gasteiger partial charge on any atom is -0.298 e. The van der Waals surface area contributed by atoms with E-state index < -0.39 is 0 Å². The molecular formula is C17H19BrN2O. The Labute approximate surface area is 133 Å². The number of aromatic nitrogens is 2. The Morgan fingerprint density at radius 1 is 1.19 bits per heavy atom. The van der Waals surface area contributed by atoms with E-state index in [0.29, 0.717) is 12.5 Å². The van der Waals surface area contributed by atoms with Gasteiger partial charge >= 0.3 is 0 Å². The molecule has 0 spiro atoms. The highest BCUT2D eigenvalue weighted by Gasteiger charge is 2.21. The summed E-state index contributed by atoms with van der Waals surface area (Å²) in [4.78, 5) is 11.3. The first kappa shape index (κ1) is 14.5. The maximum Gasteiger partial charge on any atom is 0.153 e. The van der Waals surface area contributed by atoms with Crippen LogP contribution in [0.5, 0.6) is 0 Å². The monoisotopic (exact) mass is 346 g/mol. The molecule has 1 fully saturated rings. The van der Waals surface area contributed by atoms with E-state index in [1.54, 1.807) is 0 Å². The molecule has 1 aromatic carbocycles. The molecule has 1 aliphatic rings. The molecule has 1 aromatic heterocycles. The van der Waals surface area contributed by atoms with Crippen LogP contribution in [0, 0.1) is 0 Å². The third-order valence-corrected chi connectivity index (χ3v) is 4.73. The van der Waals surface area contributed by atoms with Crippen LogP contribution in [0.2, 0.25) is 0 Å². The fraction of sp³-hybridized carbons (Fsp3) is 0.412. The van der Waals surface area contributed by atoms with Gasteiger partial charge in [-0.05, 0) is 30.5 Å². The smallest absolute Gasteiger partial charge is 0.153 e. The van der Waals surface area contributed by atoms with Crippen molar-refractivity contribution in [3.63, 3.8) is 0 Å². The van der Waals surface area contributed by atoms with E-state index in [2.05, 4.69) is 28.1 Å². The third kappa shape index (κ3) is 3.43. The number of nitrogens with zero attached hydrogens (tertiary/aromatic N) is 2. The molecule has 4 heteroatoms. The number of aldehydes is 1. The molecule has 1 aliphatic carbocycles. The van der Waals surface area contributed by atoms with Gasteiger partial charge in [0.15, 0.2) is 6.29 Å². The number of hydrogen-bond donors (Lipinski definition) is 0. The number of halogens is 1. The van der Waals surface area contributed by atoms with Gasteiger partial charge in [-0.25, -0.2) is 0 Å². The van der Waals surface area contributed by atoms with Crippen molar-refractivity contribution < 1.29 is 4.79 Å². The molecule has 0 N–H and O–H groups in total. The van der Waals surface area contributed by atoms with Gasteiger partial charge in [-0.3, -0.25) is 9.48 Å². The second kappa shape index (κ2) is 6.56. The molecule has 110 valence electrons. The van der Waals surface area contributed by atoms with Crippen molar-refractivity contribution in [1.29, 1.82) is 0 Å². The zero-order valence-electron chi connectivity index (χ0n) is 12.0. The van der Waals surface area contributed by atoms with Gasteiger partial charge in [-0.15, -0.1) is 0 Å². The van der Waals surface area contributed by atoms with Gasteiger partial charge in [0.1, 0.15) is 0 Å². The van der Waals surface area contributed by atoms with E-state index >= 15 is 0 Å². The van der Waals surface area contributed by atoms with Crippen LogP contribution < -0.4 is 0 Å². The zero-order chi connectivity index (χ0) is 14.7. The van der Waals surface area contributed by atoms with Crippen LogP contribution in [0.4, 0.5) is 0 Å². The molecule has 0 saturated heterocycles. The van der Waals surface area contributed by atoms with Crippen LogP contribution >= 0.6 is 15.9 Å². The van der Waals surface area contributed by atoms with Crippen molar-refractivity contribution in [1.82, 2.24) is 9.78 Å². The molecule has 3 nitrogen and oxygen atoms in total. The Bertz CT molecular complexity index is 612. The van der Waals surface area contributed by atoms with E-state index in [-0.39, 0.29) is 0 Å². The van der Waals surface area contributed by atoms with Crippen LogP contribution in [-0.2, 0) is 6.54 Å². The lowest BCUT2D eigenvalue weighted by Gasteiger charge is -2.20. The molecule has 0 amide bonds. The lowest BCUT2D eigenvalue weighted by Crippen LogP contribution is -2.08. The summed E-state index contributed by atoms with van der Waals surface area (Å²) in [6.07, 6.45) is 8.98. The first-order valence-corrected chi connectivity index (χ1v) is 8.32. The maximum atomic E-state index is 11.3. The van der Waals surface area contributed by atoms with Gasteiger partial charge in [0.25, 0.3) is 0 Å². The highest BCUT2D eigenvalue weighted by Crippen LogP contribution is 2.33. The average molecular weight is 347 g/mol. The summed E-state index contributed by atoms with van der Waals surface area (Å²) in [5, 5.41) is 4.70. The van der Waals surface area contributed by atoms with Crippen molar-refractivity contribution in [2.45, 2.75) is 44.6 Å². The summed E-state index contributed by atoms with van der Waals surface area (Å²) in [6, 6.07) is 8.21. The Morgan fingerprint density at radius 3 is 2.57 bits per heavy atom. The van der Waals surface area contributed by atoms with Crippen molar-refractivity contribution in [2.75, 3.05) is 0 Å². The van der Waals surface area contributed by atoms with E-state index in [1.165, 1.54) is 24.8 Å². The van der Waals surface area contributed by atoms with Crippen LogP contribution in [-0.4, -0.2) is 16.1 Å². The molecule has 21 heavy (non-hydrogen) atoms. The standard InChI is InChI=1S/C17H19BrN2O/c18-16-8-6-13(7-9-16)10-20-11-15(12-21)17(19-20)14-4-2-1-3-5-14/h6-9,11-12,14H,1-5,10H2. The average Bonchev–Trinajstić information content (AvgIpc) is 2.93. The van der Waals surface area contributed by atoms with Gasteiger partial charge in [0.2, 0.25) is 0 Å². The maximum absolute atomic E-state index is 11.3. The van der Waals surface area contributed by atoms with Gasteiger partial charge in [-0.2, -0.15) is 5.10 Å². The summed E-state index contributed by atoms with van der Waals surface area (Å²) in [7, 11) is 0. The quantitative estimate of drug-likeness (QED) is 0.761. The Kier molecular flexibility index (Phi) is 4.54. The molecule has 0 unspecified atom stereocenters. The van der Waals surface area contributed by atoms with Crippen molar-refractivity contribution in [2.24, 2.45) is 0 Å². The topological polar surface area (TPSA) is 34.9 Å². The molecule has 0 atom stereocenters. The van der Waals surface area contributed by atoms with Crippen molar-refractivity contribution in [3.8, 4) is 0 Å². The minimum atomic E-state index is 0.463. The zero-order valence-corrected chi connectivity index (χ0v) is 13.6. The summed E-state index contributed by atoms with van der Waals surface area (Å²) < 4.78 is 2.97. The molecular weight excluding hydrogens is 328 g/mol. The second-order valence-corrected chi connectivity index (χ2v) is 6.66. The van der Waals surface area contributed by atoms with E-state index in [0.717, 1.165) is 34.9 Å². The number of hydrogen-bond acceptors (Lipinski definition) is 2. The molecule has 1 heterocycles. The molecule has 3 rings (SSSR count). The van der Waals surface area contributed by atoms with Gasteiger partial charge in [0.05, 0.1) is 17.8 Å². The van der Waals surface area contributed by atoms with Gasteiger partial charge < -0.3 is 0 Å². The summed E-state index contributed by atoms with van der Waals surface area (Å²) >= 11 is 3.44. The highest BCUT2D eigenvalue weighted by atomic mass is 79.9. The van der Waals surface area contributed by atoms with E-state index in [4.69, 9.17) is 5.10 Å². The van der Waals surface area contributed by atoms with Crippen LogP contribution in [0.3, 0.4) is 0 Å². The molecule has 0 aliphatic heterocycles. The number of benzene rings is 1. The van der Waals surface area contributed by atoms with Crippen molar-refractivity contribution >= 4 is 22.2 Å². The molecule has 1 saturated carbocycles. The molecule has 0 radical (unpaired) electrons. The summed E-state index contributed by atoms with van der Waals surface area (Å²) in [6.45, 7) is 0.709. The molecule has 0 bridgehead atoms. The van der Waals surface area contributed by atoms with Gasteiger partial charge in [-0.1, -0.05) is 47.3 Å². The Hall–Kier alpha value is -1.42. The lowest BCUT2D eigenvalue weighted by atomic mass is 9.86. The van der Waals surface area contributed by atoms with Crippen LogP contribution in [0.25, 0.3) is 0 Å². The molecule has 2 aromatic rings.